The summed E-state index contributed by atoms with van der Waals surface area (Å²) in [5.41, 5.74) is 0.423. The third-order valence-corrected chi connectivity index (χ3v) is 3.06. The molecule has 1 fully saturated rings. The zero-order valence-corrected chi connectivity index (χ0v) is 9.69. The summed E-state index contributed by atoms with van der Waals surface area (Å²) < 4.78 is 0. The van der Waals surface area contributed by atoms with Crippen molar-refractivity contribution in [3.63, 3.8) is 0 Å². The molecule has 0 unspecified atom stereocenters. The van der Waals surface area contributed by atoms with E-state index in [4.69, 9.17) is 0 Å². The highest BCUT2D eigenvalue weighted by atomic mass is 14.9. The van der Waals surface area contributed by atoms with Crippen LogP contribution in [0, 0.1) is 11.3 Å². The van der Waals surface area contributed by atoms with Crippen molar-refractivity contribution in [1.82, 2.24) is 5.32 Å². The third-order valence-electron chi connectivity index (χ3n) is 3.06. The minimum absolute atomic E-state index is 0.423. The molecule has 0 spiro atoms. The van der Waals surface area contributed by atoms with Crippen molar-refractivity contribution in [2.24, 2.45) is 11.3 Å². The zero-order valence-electron chi connectivity index (χ0n) is 9.69. The van der Waals surface area contributed by atoms with Crippen molar-refractivity contribution in [3.8, 4) is 0 Å². The van der Waals surface area contributed by atoms with E-state index >= 15 is 0 Å². The fraction of sp³-hybridized carbons (Fsp3) is 1.00. The predicted molar refractivity (Wildman–Crippen MR) is 58.9 cm³/mol. The summed E-state index contributed by atoms with van der Waals surface area (Å²) >= 11 is 0. The molecule has 0 bridgehead atoms. The summed E-state index contributed by atoms with van der Waals surface area (Å²) in [7, 11) is 0. The van der Waals surface area contributed by atoms with Gasteiger partial charge in [-0.15, -0.1) is 0 Å². The quantitative estimate of drug-likeness (QED) is 0.708. The minimum Gasteiger partial charge on any atom is -0.313 e. The van der Waals surface area contributed by atoms with Gasteiger partial charge in [-0.05, 0) is 31.1 Å². The van der Waals surface area contributed by atoms with E-state index < -0.39 is 0 Å². The van der Waals surface area contributed by atoms with E-state index in [1.165, 1.54) is 25.7 Å². The number of hydrogen-bond donors (Lipinski definition) is 1. The smallest absolute Gasteiger partial charge is 0.00672 e. The van der Waals surface area contributed by atoms with Gasteiger partial charge in [0.1, 0.15) is 0 Å². The maximum absolute atomic E-state index is 3.66. The third kappa shape index (κ3) is 4.12. The van der Waals surface area contributed by atoms with Gasteiger partial charge in [0.2, 0.25) is 0 Å². The number of rotatable bonds is 3. The molecular weight excluding hydrogens is 158 g/mol. The average molecular weight is 183 g/mol. The molecule has 1 aliphatic rings. The van der Waals surface area contributed by atoms with Gasteiger partial charge in [-0.3, -0.25) is 0 Å². The molecule has 1 aliphatic carbocycles. The van der Waals surface area contributed by atoms with Crippen molar-refractivity contribution in [2.45, 2.75) is 59.4 Å². The maximum Gasteiger partial charge on any atom is 0.00672 e. The van der Waals surface area contributed by atoms with Crippen LogP contribution in [0.3, 0.4) is 0 Å². The molecule has 0 saturated heterocycles. The standard InChI is InChI=1S/C12H25N/c1-10(11-7-5-6-8-11)13-9-12(2,3)4/h10-11,13H,5-9H2,1-4H3/t10-/m1/s1. The van der Waals surface area contributed by atoms with Crippen LogP contribution in [0.2, 0.25) is 0 Å². The molecular formula is C12H25N. The van der Waals surface area contributed by atoms with Crippen LogP contribution < -0.4 is 5.32 Å². The largest absolute Gasteiger partial charge is 0.313 e. The second kappa shape index (κ2) is 4.45. The minimum atomic E-state index is 0.423. The zero-order chi connectivity index (χ0) is 9.90. The van der Waals surface area contributed by atoms with E-state index in [0.717, 1.165) is 18.5 Å². The van der Waals surface area contributed by atoms with Crippen molar-refractivity contribution < 1.29 is 0 Å². The molecule has 78 valence electrons. The van der Waals surface area contributed by atoms with Crippen molar-refractivity contribution in [2.75, 3.05) is 6.54 Å². The number of nitrogens with one attached hydrogen (secondary N) is 1. The fourth-order valence-electron chi connectivity index (χ4n) is 2.09. The van der Waals surface area contributed by atoms with Crippen LogP contribution in [0.25, 0.3) is 0 Å². The van der Waals surface area contributed by atoms with Gasteiger partial charge >= 0.3 is 0 Å². The van der Waals surface area contributed by atoms with E-state index in [1.54, 1.807) is 0 Å². The molecule has 1 rings (SSSR count). The van der Waals surface area contributed by atoms with Gasteiger partial charge in [0.25, 0.3) is 0 Å². The number of hydrogen-bond acceptors (Lipinski definition) is 1. The maximum atomic E-state index is 3.66. The fourth-order valence-corrected chi connectivity index (χ4v) is 2.09. The van der Waals surface area contributed by atoms with Crippen LogP contribution in [0.15, 0.2) is 0 Å². The molecule has 13 heavy (non-hydrogen) atoms. The second-order valence-electron chi connectivity index (χ2n) is 5.77. The first-order valence-electron chi connectivity index (χ1n) is 5.72. The van der Waals surface area contributed by atoms with Gasteiger partial charge in [0.05, 0.1) is 0 Å². The van der Waals surface area contributed by atoms with Gasteiger partial charge < -0.3 is 5.32 Å². The lowest BCUT2D eigenvalue weighted by Gasteiger charge is -2.26. The first-order chi connectivity index (χ1) is 5.99. The van der Waals surface area contributed by atoms with Crippen molar-refractivity contribution >= 4 is 0 Å². The summed E-state index contributed by atoms with van der Waals surface area (Å²) in [5.74, 6) is 0.947. The molecule has 0 aromatic carbocycles. The van der Waals surface area contributed by atoms with Crippen LogP contribution in [0.1, 0.15) is 53.4 Å². The molecule has 1 atom stereocenters. The summed E-state index contributed by atoms with van der Waals surface area (Å²) in [4.78, 5) is 0. The van der Waals surface area contributed by atoms with Gasteiger partial charge in [0, 0.05) is 12.6 Å². The van der Waals surface area contributed by atoms with Crippen molar-refractivity contribution in [1.29, 1.82) is 0 Å². The molecule has 0 amide bonds. The molecule has 0 aliphatic heterocycles. The predicted octanol–water partition coefficient (Wildman–Crippen LogP) is 3.20. The summed E-state index contributed by atoms with van der Waals surface area (Å²) in [5, 5.41) is 3.66. The Morgan fingerprint density at radius 2 is 1.77 bits per heavy atom. The highest BCUT2D eigenvalue weighted by molar-refractivity contribution is 4.78. The van der Waals surface area contributed by atoms with Crippen LogP contribution in [0.5, 0.6) is 0 Å². The molecule has 1 N–H and O–H groups in total. The highest BCUT2D eigenvalue weighted by Crippen LogP contribution is 2.27. The van der Waals surface area contributed by atoms with Crippen molar-refractivity contribution in [3.05, 3.63) is 0 Å². The molecule has 0 radical (unpaired) electrons. The Bertz CT molecular complexity index is 140. The second-order valence-corrected chi connectivity index (χ2v) is 5.77. The molecule has 1 saturated carbocycles. The van der Waals surface area contributed by atoms with Crippen LogP contribution in [-0.2, 0) is 0 Å². The van der Waals surface area contributed by atoms with E-state index in [2.05, 4.69) is 33.0 Å². The van der Waals surface area contributed by atoms with Gasteiger partial charge in [-0.2, -0.15) is 0 Å². The SMILES string of the molecule is C[C@@H](NCC(C)(C)C)C1CCCC1. The van der Waals surface area contributed by atoms with Gasteiger partial charge in [-0.1, -0.05) is 33.6 Å². The first kappa shape index (κ1) is 11.0. The van der Waals surface area contributed by atoms with Gasteiger partial charge in [0.15, 0.2) is 0 Å². The normalized spacial score (nSPS) is 22.2. The Labute approximate surface area is 83.3 Å². The Balaban J connectivity index is 2.20. The lowest BCUT2D eigenvalue weighted by atomic mass is 9.94. The molecule has 0 aromatic rings. The molecule has 1 heteroatoms. The Hall–Kier alpha value is -0.0400. The molecule has 0 heterocycles. The average Bonchev–Trinajstić information content (AvgIpc) is 2.50. The van der Waals surface area contributed by atoms with Crippen LogP contribution >= 0.6 is 0 Å². The summed E-state index contributed by atoms with van der Waals surface area (Å²) in [6.45, 7) is 10.4. The highest BCUT2D eigenvalue weighted by Gasteiger charge is 2.22. The molecule has 1 nitrogen and oxygen atoms in total. The Kier molecular flexibility index (Phi) is 3.78. The monoisotopic (exact) mass is 183 g/mol. The van der Waals surface area contributed by atoms with E-state index in [1.807, 2.05) is 0 Å². The Morgan fingerprint density at radius 3 is 2.23 bits per heavy atom. The van der Waals surface area contributed by atoms with Crippen LogP contribution in [-0.4, -0.2) is 12.6 Å². The van der Waals surface area contributed by atoms with Gasteiger partial charge in [-0.25, -0.2) is 0 Å². The topological polar surface area (TPSA) is 12.0 Å². The summed E-state index contributed by atoms with van der Waals surface area (Å²) in [6.07, 6.45) is 5.79. The lowest BCUT2D eigenvalue weighted by Crippen LogP contribution is -2.37. The van der Waals surface area contributed by atoms with E-state index in [0.29, 0.717) is 5.41 Å². The first-order valence-corrected chi connectivity index (χ1v) is 5.72. The summed E-state index contributed by atoms with van der Waals surface area (Å²) in [6, 6.07) is 0.724. The lowest BCUT2D eigenvalue weighted by molar-refractivity contribution is 0.310. The Morgan fingerprint density at radius 1 is 1.23 bits per heavy atom. The van der Waals surface area contributed by atoms with E-state index in [-0.39, 0.29) is 0 Å². The van der Waals surface area contributed by atoms with Crippen LogP contribution in [0.4, 0.5) is 0 Å². The van der Waals surface area contributed by atoms with E-state index in [9.17, 15) is 0 Å². The molecule has 0 aromatic heterocycles.